The van der Waals surface area contributed by atoms with Gasteiger partial charge in [-0.25, -0.2) is 9.07 Å². The van der Waals surface area contributed by atoms with Crippen LogP contribution in [0.2, 0.25) is 0 Å². The molecule has 0 N–H and O–H groups in total. The van der Waals surface area contributed by atoms with Crippen molar-refractivity contribution in [3.63, 3.8) is 0 Å². The molecule has 2 fully saturated rings. The van der Waals surface area contributed by atoms with Crippen LogP contribution in [-0.4, -0.2) is 72.6 Å². The summed E-state index contributed by atoms with van der Waals surface area (Å²) in [5, 5.41) is 13.1. The minimum atomic E-state index is -0.224. The van der Waals surface area contributed by atoms with Crippen molar-refractivity contribution in [2.75, 3.05) is 52.4 Å². The number of halogens is 1. The standard InChI is InChI=1S/C26H33FN6O3/c1-34-22-16-18(17-23(35-2)25(22)36-3)24(26-28-29-30-33(26)21-6-4-5-7-21)32-14-12-31(13-15-32)20-10-8-19(27)9-11-20/h8-11,16-17,21,24H,4-7,12-15H2,1-3H3/t24-/m1/s1. The Bertz CT molecular complexity index is 1130. The van der Waals surface area contributed by atoms with Crippen molar-refractivity contribution in [2.45, 2.75) is 37.8 Å². The van der Waals surface area contributed by atoms with Crippen LogP contribution in [0.3, 0.4) is 0 Å². The summed E-state index contributed by atoms with van der Waals surface area (Å²) in [6.45, 7) is 3.18. The molecule has 1 saturated carbocycles. The fraction of sp³-hybridized carbons (Fsp3) is 0.500. The molecule has 1 atom stereocenters. The maximum Gasteiger partial charge on any atom is 0.203 e. The Morgan fingerprint density at radius 1 is 0.889 bits per heavy atom. The number of benzene rings is 2. The zero-order valence-electron chi connectivity index (χ0n) is 21.1. The molecule has 0 amide bonds. The van der Waals surface area contributed by atoms with Gasteiger partial charge in [0, 0.05) is 31.9 Å². The first-order valence-electron chi connectivity index (χ1n) is 12.4. The van der Waals surface area contributed by atoms with Crippen LogP contribution in [-0.2, 0) is 0 Å². The number of anilines is 1. The van der Waals surface area contributed by atoms with E-state index in [1.54, 1.807) is 21.3 Å². The maximum atomic E-state index is 13.4. The summed E-state index contributed by atoms with van der Waals surface area (Å²) in [5.74, 6) is 2.35. The van der Waals surface area contributed by atoms with Gasteiger partial charge in [-0.05, 0) is 65.2 Å². The van der Waals surface area contributed by atoms with Crippen LogP contribution in [0.25, 0.3) is 0 Å². The van der Waals surface area contributed by atoms with Crippen molar-refractivity contribution in [2.24, 2.45) is 0 Å². The predicted octanol–water partition coefficient (Wildman–Crippen LogP) is 3.86. The van der Waals surface area contributed by atoms with Crippen molar-refractivity contribution < 1.29 is 18.6 Å². The summed E-state index contributed by atoms with van der Waals surface area (Å²) in [5.41, 5.74) is 2.00. The van der Waals surface area contributed by atoms with Gasteiger partial charge in [0.05, 0.1) is 33.4 Å². The highest BCUT2D eigenvalue weighted by Crippen LogP contribution is 2.43. The minimum absolute atomic E-state index is 0.190. The average molecular weight is 497 g/mol. The lowest BCUT2D eigenvalue weighted by Crippen LogP contribution is -2.48. The monoisotopic (exact) mass is 496 g/mol. The molecular formula is C26H33FN6O3. The van der Waals surface area contributed by atoms with E-state index in [2.05, 4.69) is 25.3 Å². The number of aromatic nitrogens is 4. The van der Waals surface area contributed by atoms with Gasteiger partial charge in [-0.2, -0.15) is 0 Å². The van der Waals surface area contributed by atoms with E-state index in [1.165, 1.54) is 25.0 Å². The number of hydrogen-bond acceptors (Lipinski definition) is 8. The molecule has 192 valence electrons. The van der Waals surface area contributed by atoms with Crippen LogP contribution >= 0.6 is 0 Å². The normalized spacial score (nSPS) is 17.8. The lowest BCUT2D eigenvalue weighted by Gasteiger charge is -2.40. The van der Waals surface area contributed by atoms with Crippen molar-refractivity contribution in [3.05, 3.63) is 53.6 Å². The summed E-state index contributed by atoms with van der Waals surface area (Å²) in [6.07, 6.45) is 4.54. The van der Waals surface area contributed by atoms with Crippen molar-refractivity contribution in [3.8, 4) is 17.2 Å². The van der Waals surface area contributed by atoms with Crippen LogP contribution in [0.4, 0.5) is 10.1 Å². The third-order valence-corrected chi connectivity index (χ3v) is 7.31. The number of tetrazole rings is 1. The van der Waals surface area contributed by atoms with E-state index in [1.807, 2.05) is 28.9 Å². The Kier molecular flexibility index (Phi) is 7.22. The lowest BCUT2D eigenvalue weighted by atomic mass is 10.0. The number of piperazine rings is 1. The van der Waals surface area contributed by atoms with Gasteiger partial charge in [0.2, 0.25) is 5.75 Å². The van der Waals surface area contributed by atoms with E-state index >= 15 is 0 Å². The van der Waals surface area contributed by atoms with E-state index in [4.69, 9.17) is 14.2 Å². The van der Waals surface area contributed by atoms with E-state index in [0.717, 1.165) is 56.1 Å². The molecule has 1 saturated heterocycles. The summed E-state index contributed by atoms with van der Waals surface area (Å²) in [6, 6.07) is 10.8. The Labute approximate surface area is 210 Å². The molecule has 1 aliphatic heterocycles. The largest absolute Gasteiger partial charge is 0.493 e. The third-order valence-electron chi connectivity index (χ3n) is 7.31. The molecule has 0 bridgehead atoms. The molecule has 36 heavy (non-hydrogen) atoms. The molecule has 0 radical (unpaired) electrons. The molecule has 0 spiro atoms. The quantitative estimate of drug-likeness (QED) is 0.465. The molecule has 5 rings (SSSR count). The van der Waals surface area contributed by atoms with Gasteiger partial charge >= 0.3 is 0 Å². The minimum Gasteiger partial charge on any atom is -0.493 e. The number of hydrogen-bond donors (Lipinski definition) is 0. The first-order valence-corrected chi connectivity index (χ1v) is 12.4. The van der Waals surface area contributed by atoms with Gasteiger partial charge < -0.3 is 19.1 Å². The van der Waals surface area contributed by atoms with Gasteiger partial charge in [0.25, 0.3) is 0 Å². The van der Waals surface area contributed by atoms with Gasteiger partial charge in [-0.3, -0.25) is 4.90 Å². The predicted molar refractivity (Wildman–Crippen MR) is 133 cm³/mol. The summed E-state index contributed by atoms with van der Waals surface area (Å²) >= 11 is 0. The maximum absolute atomic E-state index is 13.4. The van der Waals surface area contributed by atoms with Crippen LogP contribution in [0.1, 0.15) is 49.2 Å². The molecule has 1 aliphatic carbocycles. The van der Waals surface area contributed by atoms with Crippen LogP contribution in [0, 0.1) is 5.82 Å². The van der Waals surface area contributed by atoms with Gasteiger partial charge in [0.15, 0.2) is 17.3 Å². The smallest absolute Gasteiger partial charge is 0.203 e. The van der Waals surface area contributed by atoms with Crippen LogP contribution in [0.5, 0.6) is 17.2 Å². The third kappa shape index (κ3) is 4.69. The zero-order chi connectivity index (χ0) is 25.1. The van der Waals surface area contributed by atoms with Crippen molar-refractivity contribution >= 4 is 5.69 Å². The molecule has 3 aromatic rings. The fourth-order valence-corrected chi connectivity index (χ4v) is 5.46. The number of ether oxygens (including phenoxy) is 3. The Morgan fingerprint density at radius 3 is 2.11 bits per heavy atom. The molecule has 2 aliphatic rings. The van der Waals surface area contributed by atoms with E-state index in [0.29, 0.717) is 23.3 Å². The van der Waals surface area contributed by atoms with Crippen LogP contribution in [0.15, 0.2) is 36.4 Å². The molecule has 2 aromatic carbocycles. The lowest BCUT2D eigenvalue weighted by molar-refractivity contribution is 0.197. The fourth-order valence-electron chi connectivity index (χ4n) is 5.46. The summed E-state index contributed by atoms with van der Waals surface area (Å²) in [7, 11) is 4.85. The Hall–Kier alpha value is -3.40. The Balaban J connectivity index is 1.51. The first kappa shape index (κ1) is 24.3. The Morgan fingerprint density at radius 2 is 1.53 bits per heavy atom. The highest BCUT2D eigenvalue weighted by molar-refractivity contribution is 5.55. The van der Waals surface area contributed by atoms with E-state index in [9.17, 15) is 4.39 Å². The average Bonchev–Trinajstić information content (AvgIpc) is 3.61. The molecule has 0 unspecified atom stereocenters. The number of nitrogens with zero attached hydrogens (tertiary/aromatic N) is 6. The summed E-state index contributed by atoms with van der Waals surface area (Å²) in [4.78, 5) is 4.68. The van der Waals surface area contributed by atoms with Crippen molar-refractivity contribution in [1.82, 2.24) is 25.1 Å². The zero-order valence-corrected chi connectivity index (χ0v) is 21.1. The molecule has 10 heteroatoms. The van der Waals surface area contributed by atoms with Crippen molar-refractivity contribution in [1.29, 1.82) is 0 Å². The van der Waals surface area contributed by atoms with Gasteiger partial charge in [0.1, 0.15) is 5.82 Å². The number of rotatable bonds is 8. The second-order valence-corrected chi connectivity index (χ2v) is 9.28. The first-order chi connectivity index (χ1) is 17.6. The molecule has 2 heterocycles. The molecule has 9 nitrogen and oxygen atoms in total. The highest BCUT2D eigenvalue weighted by Gasteiger charge is 2.34. The summed E-state index contributed by atoms with van der Waals surface area (Å²) < 4.78 is 32.4. The molecule has 1 aromatic heterocycles. The number of methoxy groups -OCH3 is 3. The second kappa shape index (κ2) is 10.7. The highest BCUT2D eigenvalue weighted by atomic mass is 19.1. The SMILES string of the molecule is COc1cc([C@H](c2nnnn2C2CCCC2)N2CCN(c3ccc(F)cc3)CC2)cc(OC)c1OC. The van der Waals surface area contributed by atoms with E-state index in [-0.39, 0.29) is 11.9 Å². The van der Waals surface area contributed by atoms with Crippen LogP contribution < -0.4 is 19.1 Å². The molecular weight excluding hydrogens is 463 g/mol. The topological polar surface area (TPSA) is 77.8 Å². The van der Waals surface area contributed by atoms with E-state index < -0.39 is 0 Å². The second-order valence-electron chi connectivity index (χ2n) is 9.28. The van der Waals surface area contributed by atoms with Gasteiger partial charge in [-0.1, -0.05) is 12.8 Å². The van der Waals surface area contributed by atoms with Gasteiger partial charge in [-0.15, -0.1) is 5.10 Å².